The lowest BCUT2D eigenvalue weighted by atomic mass is 9.96. The van der Waals surface area contributed by atoms with E-state index in [-0.39, 0.29) is 5.91 Å². The predicted molar refractivity (Wildman–Crippen MR) is 103 cm³/mol. The maximum absolute atomic E-state index is 12.3. The Hall–Kier alpha value is -1.78. The van der Waals surface area contributed by atoms with E-state index in [9.17, 15) is 4.79 Å². The van der Waals surface area contributed by atoms with Crippen molar-refractivity contribution in [2.75, 3.05) is 24.5 Å². The quantitative estimate of drug-likeness (QED) is 0.861. The molecule has 1 fully saturated rings. The van der Waals surface area contributed by atoms with Gasteiger partial charge in [-0.15, -0.1) is 0 Å². The first-order valence-electron chi connectivity index (χ1n) is 8.44. The molecule has 1 amide bonds. The van der Waals surface area contributed by atoms with Crippen LogP contribution in [0.1, 0.15) is 28.9 Å². The second kappa shape index (κ2) is 8.07. The molecule has 3 rings (SSSR count). The number of piperidine rings is 1. The van der Waals surface area contributed by atoms with Gasteiger partial charge in [0.2, 0.25) is 0 Å². The van der Waals surface area contributed by atoms with Gasteiger partial charge in [0, 0.05) is 42.2 Å². The molecule has 1 aromatic carbocycles. The Bertz CT molecular complexity index is 758. The molecule has 1 aliphatic heterocycles. The molecular weight excluding hydrogens is 357 g/mol. The van der Waals surface area contributed by atoms with E-state index in [2.05, 4.69) is 27.3 Å². The second-order valence-electron chi connectivity index (χ2n) is 6.42. The Morgan fingerprint density at radius 1 is 1.24 bits per heavy atom. The van der Waals surface area contributed by atoms with Crippen molar-refractivity contribution in [3.8, 4) is 0 Å². The Morgan fingerprint density at radius 2 is 2.00 bits per heavy atom. The van der Waals surface area contributed by atoms with Crippen LogP contribution in [-0.4, -0.2) is 30.5 Å². The number of anilines is 1. The fourth-order valence-electron chi connectivity index (χ4n) is 3.13. The van der Waals surface area contributed by atoms with Crippen LogP contribution in [0.5, 0.6) is 0 Å². The zero-order valence-electron chi connectivity index (χ0n) is 14.1. The summed E-state index contributed by atoms with van der Waals surface area (Å²) in [6.45, 7) is 4.64. The number of nitrogens with zero attached hydrogens (tertiary/aromatic N) is 2. The number of hydrogen-bond acceptors (Lipinski definition) is 3. The fourth-order valence-corrected chi connectivity index (χ4v) is 3.50. The lowest BCUT2D eigenvalue weighted by Gasteiger charge is -2.33. The first-order valence-corrected chi connectivity index (χ1v) is 9.19. The number of benzene rings is 1. The molecule has 2 aromatic rings. The van der Waals surface area contributed by atoms with Gasteiger partial charge in [-0.2, -0.15) is 0 Å². The van der Waals surface area contributed by atoms with Gasteiger partial charge in [-0.3, -0.25) is 9.78 Å². The topological polar surface area (TPSA) is 45.2 Å². The maximum atomic E-state index is 12.3. The number of amides is 1. The summed E-state index contributed by atoms with van der Waals surface area (Å²) >= 11 is 12.0. The number of pyridine rings is 1. The monoisotopic (exact) mass is 377 g/mol. The van der Waals surface area contributed by atoms with Crippen molar-refractivity contribution >= 4 is 34.8 Å². The highest BCUT2D eigenvalue weighted by Gasteiger charge is 2.21. The molecule has 0 radical (unpaired) electrons. The molecule has 4 nitrogen and oxygen atoms in total. The normalized spacial score (nSPS) is 15.2. The van der Waals surface area contributed by atoms with Crippen molar-refractivity contribution in [1.29, 1.82) is 0 Å². The third-order valence-corrected chi connectivity index (χ3v) is 5.15. The van der Waals surface area contributed by atoms with Gasteiger partial charge in [0.15, 0.2) is 0 Å². The number of nitrogens with one attached hydrogen (secondary N) is 1. The van der Waals surface area contributed by atoms with Crippen molar-refractivity contribution in [2.24, 2.45) is 5.92 Å². The summed E-state index contributed by atoms with van der Waals surface area (Å²) in [4.78, 5) is 18.9. The summed E-state index contributed by atoms with van der Waals surface area (Å²) in [6, 6.07) is 9.10. The van der Waals surface area contributed by atoms with E-state index in [4.69, 9.17) is 23.2 Å². The fraction of sp³-hybridized carbons (Fsp3) is 0.368. The summed E-state index contributed by atoms with van der Waals surface area (Å²) < 4.78 is 0. The molecule has 1 N–H and O–H groups in total. The molecule has 0 spiro atoms. The second-order valence-corrected chi connectivity index (χ2v) is 7.26. The molecule has 25 heavy (non-hydrogen) atoms. The average molecular weight is 378 g/mol. The average Bonchev–Trinajstić information content (AvgIpc) is 2.62. The minimum absolute atomic E-state index is 0.167. The number of rotatable bonds is 4. The Kier molecular flexibility index (Phi) is 5.82. The van der Waals surface area contributed by atoms with Crippen molar-refractivity contribution in [2.45, 2.75) is 19.8 Å². The molecule has 0 bridgehead atoms. The number of halogens is 2. The Labute approximate surface area is 158 Å². The third-order valence-electron chi connectivity index (χ3n) is 4.58. The van der Waals surface area contributed by atoms with E-state index in [0.29, 0.717) is 28.1 Å². The lowest BCUT2D eigenvalue weighted by molar-refractivity contribution is 0.0945. The molecule has 1 aromatic heterocycles. The minimum atomic E-state index is -0.167. The van der Waals surface area contributed by atoms with Crippen LogP contribution in [0.3, 0.4) is 0 Å². The van der Waals surface area contributed by atoms with Crippen LogP contribution in [0.25, 0.3) is 0 Å². The molecule has 132 valence electrons. The predicted octanol–water partition coefficient (Wildman–Crippen LogP) is 4.34. The summed E-state index contributed by atoms with van der Waals surface area (Å²) in [6.07, 6.45) is 3.95. The van der Waals surface area contributed by atoms with E-state index >= 15 is 0 Å². The van der Waals surface area contributed by atoms with Gasteiger partial charge in [-0.25, -0.2) is 0 Å². The van der Waals surface area contributed by atoms with Crippen LogP contribution in [0.2, 0.25) is 10.0 Å². The number of aryl methyl sites for hydroxylation is 1. The highest BCUT2D eigenvalue weighted by Crippen LogP contribution is 2.24. The van der Waals surface area contributed by atoms with E-state index in [0.717, 1.165) is 31.6 Å². The van der Waals surface area contributed by atoms with Crippen LogP contribution in [0, 0.1) is 12.8 Å². The third kappa shape index (κ3) is 4.65. The van der Waals surface area contributed by atoms with Crippen molar-refractivity contribution < 1.29 is 4.79 Å². The molecule has 0 unspecified atom stereocenters. The van der Waals surface area contributed by atoms with Crippen LogP contribution in [0.4, 0.5) is 5.69 Å². The summed E-state index contributed by atoms with van der Waals surface area (Å²) in [7, 11) is 0. The van der Waals surface area contributed by atoms with Crippen LogP contribution in [0.15, 0.2) is 36.5 Å². The molecular formula is C19H21Cl2N3O. The summed E-state index contributed by atoms with van der Waals surface area (Å²) in [5, 5.41) is 3.92. The lowest BCUT2D eigenvalue weighted by Crippen LogP contribution is -2.38. The minimum Gasteiger partial charge on any atom is -0.371 e. The first-order chi connectivity index (χ1) is 12.0. The SMILES string of the molecule is Cc1cc(N2CCC(CNC(=O)c3cc(Cl)ccc3Cl)CC2)ccn1. The van der Waals surface area contributed by atoms with Gasteiger partial charge >= 0.3 is 0 Å². The van der Waals surface area contributed by atoms with Crippen molar-refractivity contribution in [3.05, 3.63) is 57.8 Å². The van der Waals surface area contributed by atoms with E-state index in [1.54, 1.807) is 18.2 Å². The zero-order valence-corrected chi connectivity index (χ0v) is 15.6. The van der Waals surface area contributed by atoms with Gasteiger partial charge in [0.1, 0.15) is 0 Å². The van der Waals surface area contributed by atoms with Crippen molar-refractivity contribution in [1.82, 2.24) is 10.3 Å². The standard InChI is InChI=1S/C19H21Cl2N3O/c1-13-10-16(4-7-22-13)24-8-5-14(6-9-24)12-23-19(25)17-11-15(20)2-3-18(17)21/h2-4,7,10-11,14H,5-6,8-9,12H2,1H3,(H,23,25). The molecule has 0 saturated carbocycles. The molecule has 1 saturated heterocycles. The Balaban J connectivity index is 1.51. The number of hydrogen-bond donors (Lipinski definition) is 1. The van der Waals surface area contributed by atoms with Gasteiger partial charge in [0.25, 0.3) is 5.91 Å². The first kappa shape index (κ1) is 18.0. The molecule has 6 heteroatoms. The number of carbonyl (C=O) groups is 1. The summed E-state index contributed by atoms with van der Waals surface area (Å²) in [5.41, 5.74) is 2.69. The molecule has 2 heterocycles. The zero-order chi connectivity index (χ0) is 17.8. The maximum Gasteiger partial charge on any atom is 0.252 e. The van der Waals surface area contributed by atoms with Gasteiger partial charge < -0.3 is 10.2 Å². The summed E-state index contributed by atoms with van der Waals surface area (Å²) in [5.74, 6) is 0.306. The van der Waals surface area contributed by atoms with Crippen LogP contribution in [-0.2, 0) is 0 Å². The number of carbonyl (C=O) groups excluding carboxylic acids is 1. The molecule has 1 aliphatic rings. The van der Waals surface area contributed by atoms with E-state index in [1.165, 1.54) is 5.69 Å². The van der Waals surface area contributed by atoms with Crippen molar-refractivity contribution in [3.63, 3.8) is 0 Å². The van der Waals surface area contributed by atoms with Gasteiger partial charge in [-0.05, 0) is 56.0 Å². The van der Waals surface area contributed by atoms with Crippen LogP contribution >= 0.6 is 23.2 Å². The van der Waals surface area contributed by atoms with Gasteiger partial charge in [0.05, 0.1) is 10.6 Å². The molecule has 0 aliphatic carbocycles. The highest BCUT2D eigenvalue weighted by molar-refractivity contribution is 6.35. The largest absolute Gasteiger partial charge is 0.371 e. The van der Waals surface area contributed by atoms with E-state index in [1.807, 2.05) is 13.1 Å². The Morgan fingerprint density at radius 3 is 2.72 bits per heavy atom. The van der Waals surface area contributed by atoms with E-state index < -0.39 is 0 Å². The highest BCUT2D eigenvalue weighted by atomic mass is 35.5. The van der Waals surface area contributed by atoms with Crippen LogP contribution < -0.4 is 10.2 Å². The molecule has 0 atom stereocenters. The smallest absolute Gasteiger partial charge is 0.252 e. The van der Waals surface area contributed by atoms with Gasteiger partial charge in [-0.1, -0.05) is 23.2 Å². The number of aromatic nitrogens is 1.